The van der Waals surface area contributed by atoms with E-state index in [2.05, 4.69) is 21.3 Å². The first-order chi connectivity index (χ1) is 8.33. The van der Waals surface area contributed by atoms with Gasteiger partial charge in [-0.05, 0) is 0 Å². The molecular weight excluding hydrogens is 222 g/mol. The van der Waals surface area contributed by atoms with Crippen LogP contribution in [0.15, 0.2) is 11.8 Å². The van der Waals surface area contributed by atoms with Crippen LogP contribution in [0.2, 0.25) is 0 Å². The van der Waals surface area contributed by atoms with Crippen LogP contribution in [0.25, 0.3) is 0 Å². The lowest BCUT2D eigenvalue weighted by Crippen LogP contribution is -2.39. The van der Waals surface area contributed by atoms with Gasteiger partial charge in [-0.3, -0.25) is 10.0 Å². The second-order valence-corrected chi connectivity index (χ2v) is 3.75. The van der Waals surface area contributed by atoms with E-state index < -0.39 is 5.91 Å². The van der Waals surface area contributed by atoms with Gasteiger partial charge >= 0.3 is 0 Å². The lowest BCUT2D eigenvalue weighted by atomic mass is 10.3. The summed E-state index contributed by atoms with van der Waals surface area (Å²) >= 11 is 0. The molecule has 1 aliphatic rings. The predicted octanol–water partition coefficient (Wildman–Crippen LogP) is -2.25. The number of amides is 1. The molecule has 0 aromatic heterocycles. The van der Waals surface area contributed by atoms with E-state index in [1.807, 2.05) is 0 Å². The zero-order chi connectivity index (χ0) is 12.3. The molecule has 0 radical (unpaired) electrons. The van der Waals surface area contributed by atoms with Crippen molar-refractivity contribution >= 4 is 5.91 Å². The standard InChI is InChI=1S/C10H21N5O2/c16-10(15-17)7-9-8-13-4-3-11-1-2-12-5-6-14-9/h7,11-14,17H,1-6,8H2,(H,15,16)/b9-7-. The zero-order valence-electron chi connectivity index (χ0n) is 9.88. The van der Waals surface area contributed by atoms with Crippen molar-refractivity contribution in [1.29, 1.82) is 0 Å². The number of hydrogen-bond donors (Lipinski definition) is 6. The molecule has 1 saturated heterocycles. The number of hydroxylamine groups is 1. The first-order valence-electron chi connectivity index (χ1n) is 5.83. The predicted molar refractivity (Wildman–Crippen MR) is 64.6 cm³/mol. The minimum Gasteiger partial charge on any atom is -0.386 e. The molecule has 17 heavy (non-hydrogen) atoms. The lowest BCUT2D eigenvalue weighted by molar-refractivity contribution is -0.124. The van der Waals surface area contributed by atoms with Gasteiger partial charge in [0.2, 0.25) is 0 Å². The maximum atomic E-state index is 11.0. The van der Waals surface area contributed by atoms with E-state index in [4.69, 9.17) is 5.21 Å². The molecule has 6 N–H and O–H groups in total. The van der Waals surface area contributed by atoms with E-state index in [1.165, 1.54) is 6.08 Å². The SMILES string of the molecule is O=C(/C=C1/CNCCNCCNCCN1)NO. The molecule has 0 aliphatic carbocycles. The topological polar surface area (TPSA) is 97.5 Å². The highest BCUT2D eigenvalue weighted by Crippen LogP contribution is 1.87. The van der Waals surface area contributed by atoms with E-state index in [0.29, 0.717) is 6.54 Å². The van der Waals surface area contributed by atoms with Crippen molar-refractivity contribution in [2.24, 2.45) is 0 Å². The summed E-state index contributed by atoms with van der Waals surface area (Å²) in [6, 6.07) is 0. The van der Waals surface area contributed by atoms with Crippen LogP contribution in [0.4, 0.5) is 0 Å². The molecule has 0 aromatic rings. The van der Waals surface area contributed by atoms with Crippen LogP contribution in [0.1, 0.15) is 0 Å². The molecule has 0 bridgehead atoms. The fourth-order valence-corrected chi connectivity index (χ4v) is 1.49. The van der Waals surface area contributed by atoms with Crippen LogP contribution in [0, 0.1) is 0 Å². The highest BCUT2D eigenvalue weighted by Gasteiger charge is 2.01. The number of rotatable bonds is 1. The Hall–Kier alpha value is -1.15. The molecule has 98 valence electrons. The lowest BCUT2D eigenvalue weighted by Gasteiger charge is -2.14. The molecule has 7 heteroatoms. The molecule has 1 amide bonds. The van der Waals surface area contributed by atoms with Gasteiger partial charge < -0.3 is 21.3 Å². The third kappa shape index (κ3) is 6.90. The van der Waals surface area contributed by atoms with Crippen LogP contribution in [0.3, 0.4) is 0 Å². The number of carbonyl (C=O) groups is 1. The van der Waals surface area contributed by atoms with Gasteiger partial charge in [-0.25, -0.2) is 5.48 Å². The Morgan fingerprint density at radius 1 is 1.06 bits per heavy atom. The second kappa shape index (κ2) is 8.94. The quantitative estimate of drug-likeness (QED) is 0.177. The first-order valence-corrected chi connectivity index (χ1v) is 5.83. The van der Waals surface area contributed by atoms with Crippen LogP contribution in [-0.2, 0) is 4.79 Å². The average molecular weight is 243 g/mol. The Kier molecular flexibility index (Phi) is 7.32. The van der Waals surface area contributed by atoms with Crippen LogP contribution in [0.5, 0.6) is 0 Å². The molecule has 1 fully saturated rings. The summed E-state index contributed by atoms with van der Waals surface area (Å²) in [5.41, 5.74) is 2.35. The molecular formula is C10H21N5O2. The maximum Gasteiger partial charge on any atom is 0.269 e. The monoisotopic (exact) mass is 243 g/mol. The minimum absolute atomic E-state index is 0.521. The largest absolute Gasteiger partial charge is 0.386 e. The van der Waals surface area contributed by atoms with E-state index in [0.717, 1.165) is 45.0 Å². The average Bonchev–Trinajstić information content (AvgIpc) is 2.32. The minimum atomic E-state index is -0.521. The van der Waals surface area contributed by atoms with E-state index >= 15 is 0 Å². The zero-order valence-corrected chi connectivity index (χ0v) is 9.88. The molecule has 1 aliphatic heterocycles. The van der Waals surface area contributed by atoms with Crippen molar-refractivity contribution in [1.82, 2.24) is 26.7 Å². The summed E-state index contributed by atoms with van der Waals surface area (Å²) in [7, 11) is 0. The fourth-order valence-electron chi connectivity index (χ4n) is 1.49. The maximum absolute atomic E-state index is 11.0. The smallest absolute Gasteiger partial charge is 0.269 e. The van der Waals surface area contributed by atoms with Crippen molar-refractivity contribution in [3.63, 3.8) is 0 Å². The van der Waals surface area contributed by atoms with Gasteiger partial charge in [-0.15, -0.1) is 0 Å². The third-order valence-corrected chi connectivity index (χ3v) is 2.34. The Balaban J connectivity index is 2.42. The Labute approximate surface area is 101 Å². The van der Waals surface area contributed by atoms with Crippen molar-refractivity contribution in [2.75, 3.05) is 45.8 Å². The summed E-state index contributed by atoms with van der Waals surface area (Å²) < 4.78 is 0. The van der Waals surface area contributed by atoms with Gasteiger partial charge in [0.25, 0.3) is 5.91 Å². The second-order valence-electron chi connectivity index (χ2n) is 3.75. The molecule has 1 rings (SSSR count). The van der Waals surface area contributed by atoms with Crippen molar-refractivity contribution in [2.45, 2.75) is 0 Å². The normalized spacial score (nSPS) is 22.1. The van der Waals surface area contributed by atoms with E-state index in [1.54, 1.807) is 5.48 Å². The van der Waals surface area contributed by atoms with Crippen LogP contribution in [-0.4, -0.2) is 56.9 Å². The van der Waals surface area contributed by atoms with Gasteiger partial charge in [-0.2, -0.15) is 0 Å². The van der Waals surface area contributed by atoms with Crippen molar-refractivity contribution in [3.05, 3.63) is 11.8 Å². The summed E-state index contributed by atoms with van der Waals surface area (Å²) in [6.45, 7) is 5.76. The fraction of sp³-hybridized carbons (Fsp3) is 0.700. The van der Waals surface area contributed by atoms with Gasteiger partial charge in [0, 0.05) is 57.6 Å². The van der Waals surface area contributed by atoms with Gasteiger partial charge in [0.1, 0.15) is 0 Å². The third-order valence-electron chi connectivity index (χ3n) is 2.34. The molecule has 0 atom stereocenters. The van der Waals surface area contributed by atoms with Gasteiger partial charge in [-0.1, -0.05) is 0 Å². The molecule has 0 unspecified atom stereocenters. The first kappa shape index (κ1) is 13.9. The van der Waals surface area contributed by atoms with Gasteiger partial charge in [0.05, 0.1) is 0 Å². The number of hydrogen-bond acceptors (Lipinski definition) is 6. The summed E-state index contributed by atoms with van der Waals surface area (Å²) in [5, 5.41) is 21.4. The van der Waals surface area contributed by atoms with Crippen LogP contribution >= 0.6 is 0 Å². The van der Waals surface area contributed by atoms with Crippen molar-refractivity contribution < 1.29 is 10.0 Å². The molecule has 0 spiro atoms. The highest BCUT2D eigenvalue weighted by molar-refractivity contribution is 5.87. The van der Waals surface area contributed by atoms with E-state index in [9.17, 15) is 4.79 Å². The molecule has 1 heterocycles. The highest BCUT2D eigenvalue weighted by atomic mass is 16.5. The Bertz CT molecular complexity index is 243. The van der Waals surface area contributed by atoms with Gasteiger partial charge in [0.15, 0.2) is 0 Å². The summed E-state index contributed by atoms with van der Waals surface area (Å²) in [4.78, 5) is 11.0. The summed E-state index contributed by atoms with van der Waals surface area (Å²) in [6.07, 6.45) is 1.35. The Morgan fingerprint density at radius 3 is 2.29 bits per heavy atom. The van der Waals surface area contributed by atoms with Crippen molar-refractivity contribution in [3.8, 4) is 0 Å². The summed E-state index contributed by atoms with van der Waals surface area (Å²) in [5.74, 6) is -0.521. The number of carbonyl (C=O) groups excluding carboxylic acids is 1. The number of nitrogens with one attached hydrogen (secondary N) is 5. The Morgan fingerprint density at radius 2 is 1.65 bits per heavy atom. The molecule has 0 aromatic carbocycles. The van der Waals surface area contributed by atoms with Crippen LogP contribution < -0.4 is 26.7 Å². The van der Waals surface area contributed by atoms with E-state index in [-0.39, 0.29) is 0 Å². The molecule has 7 nitrogen and oxygen atoms in total. The molecule has 0 saturated carbocycles.